The predicted octanol–water partition coefficient (Wildman–Crippen LogP) is 2.08. The van der Waals surface area contributed by atoms with E-state index in [0.29, 0.717) is 17.5 Å². The molecule has 0 radical (unpaired) electrons. The van der Waals surface area contributed by atoms with Crippen LogP contribution in [0.1, 0.15) is 42.7 Å². The van der Waals surface area contributed by atoms with E-state index >= 15 is 0 Å². The molecule has 0 spiro atoms. The van der Waals surface area contributed by atoms with Crippen LogP contribution in [0.4, 0.5) is 0 Å². The lowest BCUT2D eigenvalue weighted by molar-refractivity contribution is -0.122. The largest absolute Gasteiger partial charge is 0.387 e. The lowest BCUT2D eigenvalue weighted by atomic mass is 9.89. The van der Waals surface area contributed by atoms with Gasteiger partial charge in [0, 0.05) is 19.2 Å². The van der Waals surface area contributed by atoms with E-state index < -0.39 is 6.10 Å². The molecule has 4 unspecified atom stereocenters. The fraction of sp³-hybridized carbons (Fsp3) is 0.500. The van der Waals surface area contributed by atoms with Gasteiger partial charge in [0.25, 0.3) is 0 Å². The van der Waals surface area contributed by atoms with Gasteiger partial charge in [-0.1, -0.05) is 6.07 Å². The number of aromatic nitrogens is 3. The Kier molecular flexibility index (Phi) is 4.44. The Balaban J connectivity index is 1.73. The summed E-state index contributed by atoms with van der Waals surface area (Å²) in [5.74, 6) is 1.17. The van der Waals surface area contributed by atoms with Crippen LogP contribution >= 0.6 is 0 Å². The maximum Gasteiger partial charge on any atom is 0.223 e. The van der Waals surface area contributed by atoms with Crippen molar-refractivity contribution in [1.29, 1.82) is 0 Å². The van der Waals surface area contributed by atoms with E-state index in [1.54, 1.807) is 20.2 Å². The van der Waals surface area contributed by atoms with E-state index in [1.807, 2.05) is 18.2 Å². The van der Waals surface area contributed by atoms with Crippen molar-refractivity contribution in [1.82, 2.24) is 20.5 Å². The van der Waals surface area contributed by atoms with E-state index in [0.717, 1.165) is 48.2 Å². The van der Waals surface area contributed by atoms with Gasteiger partial charge in [-0.05, 0) is 67.7 Å². The number of aliphatic hydroxyl groups excluding tert-OH is 1. The monoisotopic (exact) mass is 352 g/mol. The van der Waals surface area contributed by atoms with Crippen molar-refractivity contribution in [3.63, 3.8) is 0 Å². The molecule has 2 heterocycles. The van der Waals surface area contributed by atoms with Gasteiger partial charge in [0.05, 0.1) is 17.5 Å². The van der Waals surface area contributed by atoms with Crippen LogP contribution in [0.15, 0.2) is 24.4 Å². The Labute approximate surface area is 153 Å². The van der Waals surface area contributed by atoms with Crippen LogP contribution in [0, 0.1) is 17.8 Å². The standard InChI is InChI=1S/C20H24N4O2/c1-11(25)18-14-8-6-12-13(17(12)20(26)21-2)7-9-15(14)19(24-23-18)16-5-3-4-10-22-16/h3-5,10-13,17,25H,6-9H2,1-2H3,(H,21,26). The summed E-state index contributed by atoms with van der Waals surface area (Å²) in [4.78, 5) is 16.6. The van der Waals surface area contributed by atoms with Gasteiger partial charge in [-0.2, -0.15) is 5.10 Å². The molecule has 6 nitrogen and oxygen atoms in total. The van der Waals surface area contributed by atoms with E-state index in [2.05, 4.69) is 20.5 Å². The van der Waals surface area contributed by atoms with Crippen LogP contribution < -0.4 is 5.32 Å². The van der Waals surface area contributed by atoms with Gasteiger partial charge < -0.3 is 10.4 Å². The molecule has 1 amide bonds. The molecule has 1 saturated carbocycles. The second-order valence-electron chi connectivity index (χ2n) is 7.33. The summed E-state index contributed by atoms with van der Waals surface area (Å²) in [5, 5.41) is 21.7. The van der Waals surface area contributed by atoms with E-state index in [1.165, 1.54) is 0 Å². The molecule has 2 N–H and O–H groups in total. The topological polar surface area (TPSA) is 88.0 Å². The van der Waals surface area contributed by atoms with Gasteiger partial charge in [-0.15, -0.1) is 5.10 Å². The molecule has 136 valence electrons. The number of hydrogen-bond acceptors (Lipinski definition) is 5. The number of nitrogens with zero attached hydrogens (tertiary/aromatic N) is 3. The second kappa shape index (κ2) is 6.76. The zero-order valence-corrected chi connectivity index (χ0v) is 15.1. The third-order valence-electron chi connectivity index (χ3n) is 5.86. The molecule has 2 aromatic rings. The smallest absolute Gasteiger partial charge is 0.223 e. The highest BCUT2D eigenvalue weighted by Gasteiger charge is 2.53. The van der Waals surface area contributed by atoms with Crippen molar-refractivity contribution in [3.8, 4) is 11.4 Å². The van der Waals surface area contributed by atoms with Gasteiger partial charge in [-0.3, -0.25) is 9.78 Å². The summed E-state index contributed by atoms with van der Waals surface area (Å²) < 4.78 is 0. The average molecular weight is 352 g/mol. The van der Waals surface area contributed by atoms with Crippen molar-refractivity contribution < 1.29 is 9.90 Å². The fourth-order valence-electron chi connectivity index (χ4n) is 4.52. The molecule has 0 aliphatic heterocycles. The van der Waals surface area contributed by atoms with E-state index in [4.69, 9.17) is 0 Å². The minimum absolute atomic E-state index is 0.128. The fourth-order valence-corrected chi connectivity index (χ4v) is 4.52. The Hall–Kier alpha value is -2.34. The van der Waals surface area contributed by atoms with Crippen LogP contribution in [0.25, 0.3) is 11.4 Å². The van der Waals surface area contributed by atoms with Crippen molar-refractivity contribution in [2.24, 2.45) is 17.8 Å². The molecule has 2 aliphatic carbocycles. The molecule has 6 heteroatoms. The Morgan fingerprint density at radius 3 is 2.54 bits per heavy atom. The molecule has 4 rings (SSSR count). The predicted molar refractivity (Wildman–Crippen MR) is 97.1 cm³/mol. The normalized spacial score (nSPS) is 25.3. The highest BCUT2D eigenvalue weighted by Crippen LogP contribution is 2.53. The first-order valence-corrected chi connectivity index (χ1v) is 9.31. The number of carbonyl (C=O) groups is 1. The number of pyridine rings is 1. The van der Waals surface area contributed by atoms with E-state index in [9.17, 15) is 9.90 Å². The number of fused-ring (bicyclic) bond motifs is 2. The van der Waals surface area contributed by atoms with E-state index in [-0.39, 0.29) is 11.8 Å². The molecule has 2 aliphatic rings. The third kappa shape index (κ3) is 2.88. The summed E-state index contributed by atoms with van der Waals surface area (Å²) in [7, 11) is 1.71. The molecule has 4 atom stereocenters. The Bertz CT molecular complexity index is 822. The SMILES string of the molecule is CNC(=O)C1C2CCc3c(-c4ccccn4)nnc(C(C)O)c3CCC21. The summed E-state index contributed by atoms with van der Waals surface area (Å²) in [6.07, 6.45) is 4.67. The zero-order valence-electron chi connectivity index (χ0n) is 15.1. The van der Waals surface area contributed by atoms with Crippen LogP contribution in [-0.4, -0.2) is 33.2 Å². The first-order chi connectivity index (χ1) is 12.6. The molecule has 0 bridgehead atoms. The third-order valence-corrected chi connectivity index (χ3v) is 5.86. The van der Waals surface area contributed by atoms with Crippen molar-refractivity contribution >= 4 is 5.91 Å². The average Bonchev–Trinajstić information content (AvgIpc) is 3.33. The maximum absolute atomic E-state index is 12.1. The van der Waals surface area contributed by atoms with Gasteiger partial charge in [0.15, 0.2) is 0 Å². The first-order valence-electron chi connectivity index (χ1n) is 9.31. The highest BCUT2D eigenvalue weighted by atomic mass is 16.3. The number of aliphatic hydroxyl groups is 1. The van der Waals surface area contributed by atoms with Crippen molar-refractivity contribution in [2.45, 2.75) is 38.7 Å². The summed E-state index contributed by atoms with van der Waals surface area (Å²) in [6.45, 7) is 1.73. The van der Waals surface area contributed by atoms with Gasteiger partial charge >= 0.3 is 0 Å². The number of amides is 1. The van der Waals surface area contributed by atoms with Crippen LogP contribution in [0.5, 0.6) is 0 Å². The number of carbonyl (C=O) groups excluding carboxylic acids is 1. The molecular weight excluding hydrogens is 328 g/mol. The molecular formula is C20H24N4O2. The second-order valence-corrected chi connectivity index (χ2v) is 7.33. The van der Waals surface area contributed by atoms with Crippen LogP contribution in [0.3, 0.4) is 0 Å². The van der Waals surface area contributed by atoms with Gasteiger partial charge in [0.1, 0.15) is 5.69 Å². The molecule has 0 aromatic carbocycles. The lowest BCUT2D eigenvalue weighted by Gasteiger charge is -2.20. The van der Waals surface area contributed by atoms with Gasteiger partial charge in [0.2, 0.25) is 5.91 Å². The van der Waals surface area contributed by atoms with Crippen molar-refractivity contribution in [3.05, 3.63) is 41.2 Å². The molecule has 0 saturated heterocycles. The summed E-state index contributed by atoms with van der Waals surface area (Å²) in [5.41, 5.74) is 4.51. The minimum Gasteiger partial charge on any atom is -0.387 e. The zero-order chi connectivity index (χ0) is 18.3. The lowest BCUT2D eigenvalue weighted by Crippen LogP contribution is -2.21. The summed E-state index contributed by atoms with van der Waals surface area (Å²) >= 11 is 0. The Morgan fingerprint density at radius 2 is 1.92 bits per heavy atom. The van der Waals surface area contributed by atoms with Crippen molar-refractivity contribution in [2.75, 3.05) is 7.05 Å². The Morgan fingerprint density at radius 1 is 1.19 bits per heavy atom. The first kappa shape index (κ1) is 17.1. The summed E-state index contributed by atoms with van der Waals surface area (Å²) in [6, 6.07) is 5.77. The van der Waals surface area contributed by atoms with Gasteiger partial charge in [-0.25, -0.2) is 0 Å². The molecule has 1 fully saturated rings. The maximum atomic E-state index is 12.1. The quantitative estimate of drug-likeness (QED) is 0.883. The molecule has 2 aromatic heterocycles. The minimum atomic E-state index is -0.654. The number of hydrogen-bond donors (Lipinski definition) is 2. The number of nitrogens with one attached hydrogen (secondary N) is 1. The highest BCUT2D eigenvalue weighted by molar-refractivity contribution is 5.82. The molecule has 26 heavy (non-hydrogen) atoms. The van der Waals surface area contributed by atoms with Crippen LogP contribution in [0.2, 0.25) is 0 Å². The number of rotatable bonds is 3. The van der Waals surface area contributed by atoms with Crippen LogP contribution in [-0.2, 0) is 17.6 Å².